The standard InChI is InChI=1S/C24H26N4O3S/c25-12-17-6-2-3-7-18(17)13-28-23(29)22-21(26-24(28)27-9-4-1-5-10-27)19(16-32-22)14-31-20-8-11-30-15-20/h2-3,6-7,16,20H,1,4-5,8-11,13-15H2. The molecule has 2 fully saturated rings. The Bertz CT molecular complexity index is 1200. The summed E-state index contributed by atoms with van der Waals surface area (Å²) in [6, 6.07) is 9.70. The average Bonchev–Trinajstić information content (AvgIpc) is 3.50. The molecule has 0 aliphatic carbocycles. The topological polar surface area (TPSA) is 80.4 Å². The van der Waals surface area contributed by atoms with Gasteiger partial charge in [-0.1, -0.05) is 18.2 Å². The highest BCUT2D eigenvalue weighted by Crippen LogP contribution is 2.27. The van der Waals surface area contributed by atoms with Gasteiger partial charge >= 0.3 is 0 Å². The molecular weight excluding hydrogens is 424 g/mol. The Morgan fingerprint density at radius 3 is 2.84 bits per heavy atom. The van der Waals surface area contributed by atoms with Gasteiger partial charge in [0.2, 0.25) is 5.95 Å². The average molecular weight is 451 g/mol. The zero-order chi connectivity index (χ0) is 21.9. The van der Waals surface area contributed by atoms with E-state index in [9.17, 15) is 10.1 Å². The maximum absolute atomic E-state index is 13.6. The summed E-state index contributed by atoms with van der Waals surface area (Å²) in [5.74, 6) is 0.693. The van der Waals surface area contributed by atoms with E-state index in [2.05, 4.69) is 11.0 Å². The summed E-state index contributed by atoms with van der Waals surface area (Å²) in [6.07, 6.45) is 4.38. The van der Waals surface area contributed by atoms with Gasteiger partial charge in [0.25, 0.3) is 5.56 Å². The summed E-state index contributed by atoms with van der Waals surface area (Å²) >= 11 is 1.42. The lowest BCUT2D eigenvalue weighted by Gasteiger charge is -2.30. The Hall–Kier alpha value is -2.73. The number of nitriles is 1. The molecule has 0 saturated carbocycles. The first-order valence-electron chi connectivity index (χ1n) is 11.2. The summed E-state index contributed by atoms with van der Waals surface area (Å²) < 4.78 is 13.8. The van der Waals surface area contributed by atoms with E-state index in [1.807, 2.05) is 23.6 Å². The fraction of sp³-hybridized carbons (Fsp3) is 0.458. The van der Waals surface area contributed by atoms with Gasteiger partial charge in [-0.05, 0) is 42.7 Å². The van der Waals surface area contributed by atoms with Gasteiger partial charge in [-0.2, -0.15) is 5.26 Å². The van der Waals surface area contributed by atoms with E-state index in [0.29, 0.717) is 36.0 Å². The van der Waals surface area contributed by atoms with Gasteiger partial charge in [-0.15, -0.1) is 11.3 Å². The van der Waals surface area contributed by atoms with Crippen LogP contribution >= 0.6 is 11.3 Å². The van der Waals surface area contributed by atoms with Crippen molar-refractivity contribution >= 4 is 27.5 Å². The lowest BCUT2D eigenvalue weighted by molar-refractivity contribution is 0.0323. The summed E-state index contributed by atoms with van der Waals surface area (Å²) in [6.45, 7) is 3.89. The van der Waals surface area contributed by atoms with Gasteiger partial charge in [0.15, 0.2) is 0 Å². The monoisotopic (exact) mass is 450 g/mol. The first kappa shape index (κ1) is 21.1. The molecule has 2 aliphatic rings. The van der Waals surface area contributed by atoms with Crippen molar-refractivity contribution in [2.45, 2.75) is 44.9 Å². The molecule has 7 nitrogen and oxygen atoms in total. The van der Waals surface area contributed by atoms with Crippen molar-refractivity contribution in [1.29, 1.82) is 5.26 Å². The quantitative estimate of drug-likeness (QED) is 0.570. The molecule has 0 amide bonds. The molecule has 5 rings (SSSR count). The van der Waals surface area contributed by atoms with Gasteiger partial charge in [0.1, 0.15) is 4.70 Å². The van der Waals surface area contributed by atoms with E-state index < -0.39 is 0 Å². The lowest BCUT2D eigenvalue weighted by atomic mass is 10.1. The third kappa shape index (κ3) is 4.16. The Labute approximate surface area is 190 Å². The summed E-state index contributed by atoms with van der Waals surface area (Å²) in [5, 5.41) is 11.5. The van der Waals surface area contributed by atoms with E-state index in [1.54, 1.807) is 10.6 Å². The molecule has 8 heteroatoms. The molecule has 2 saturated heterocycles. The molecule has 1 unspecified atom stereocenters. The van der Waals surface area contributed by atoms with Crippen molar-refractivity contribution < 1.29 is 9.47 Å². The van der Waals surface area contributed by atoms with Crippen molar-refractivity contribution in [2.24, 2.45) is 0 Å². The van der Waals surface area contributed by atoms with E-state index in [0.717, 1.165) is 55.6 Å². The third-order valence-electron chi connectivity index (χ3n) is 6.20. The van der Waals surface area contributed by atoms with Gasteiger partial charge in [-0.25, -0.2) is 4.98 Å². The van der Waals surface area contributed by atoms with Crippen molar-refractivity contribution in [3.63, 3.8) is 0 Å². The maximum Gasteiger partial charge on any atom is 0.273 e. The lowest BCUT2D eigenvalue weighted by Crippen LogP contribution is -2.36. The largest absolute Gasteiger partial charge is 0.379 e. The van der Waals surface area contributed by atoms with Gasteiger partial charge in [0.05, 0.1) is 43.0 Å². The number of thiophene rings is 1. The molecule has 1 atom stereocenters. The number of benzene rings is 1. The highest BCUT2D eigenvalue weighted by atomic mass is 32.1. The van der Waals surface area contributed by atoms with Crippen LogP contribution in [0.3, 0.4) is 0 Å². The van der Waals surface area contributed by atoms with Crippen LogP contribution in [0.15, 0.2) is 34.4 Å². The smallest absolute Gasteiger partial charge is 0.273 e. The van der Waals surface area contributed by atoms with Crippen LogP contribution < -0.4 is 10.5 Å². The molecular formula is C24H26N4O3S. The number of anilines is 1. The zero-order valence-corrected chi connectivity index (χ0v) is 18.8. The van der Waals surface area contributed by atoms with Gasteiger partial charge < -0.3 is 14.4 Å². The molecule has 3 aromatic rings. The van der Waals surface area contributed by atoms with Crippen molar-refractivity contribution in [1.82, 2.24) is 9.55 Å². The molecule has 166 valence electrons. The molecule has 32 heavy (non-hydrogen) atoms. The van der Waals surface area contributed by atoms with Crippen LogP contribution in [0.5, 0.6) is 0 Å². The van der Waals surface area contributed by atoms with E-state index in [1.165, 1.54) is 17.8 Å². The highest BCUT2D eigenvalue weighted by molar-refractivity contribution is 7.17. The number of piperidine rings is 1. The number of hydrogen-bond acceptors (Lipinski definition) is 7. The van der Waals surface area contributed by atoms with Crippen LogP contribution in [-0.4, -0.2) is 42.0 Å². The molecule has 2 aliphatic heterocycles. The van der Waals surface area contributed by atoms with E-state index in [-0.39, 0.29) is 11.7 Å². The number of hydrogen-bond donors (Lipinski definition) is 0. The van der Waals surface area contributed by atoms with E-state index >= 15 is 0 Å². The summed E-state index contributed by atoms with van der Waals surface area (Å²) in [4.78, 5) is 20.9. The number of aromatic nitrogens is 2. The Morgan fingerprint density at radius 1 is 1.22 bits per heavy atom. The predicted molar refractivity (Wildman–Crippen MR) is 124 cm³/mol. The fourth-order valence-corrected chi connectivity index (χ4v) is 5.34. The molecule has 0 bridgehead atoms. The van der Waals surface area contributed by atoms with Crippen molar-refractivity contribution in [3.8, 4) is 6.07 Å². The fourth-order valence-electron chi connectivity index (χ4n) is 4.41. The normalized spacial score (nSPS) is 18.8. The Kier molecular flexibility index (Phi) is 6.21. The molecule has 1 aromatic carbocycles. The maximum atomic E-state index is 13.6. The number of rotatable bonds is 6. The first-order chi connectivity index (χ1) is 15.7. The second-order valence-electron chi connectivity index (χ2n) is 8.36. The van der Waals surface area contributed by atoms with Crippen LogP contribution in [0.25, 0.3) is 10.2 Å². The van der Waals surface area contributed by atoms with Crippen LogP contribution in [0.4, 0.5) is 5.95 Å². The molecule has 4 heterocycles. The second kappa shape index (κ2) is 9.41. The third-order valence-corrected chi connectivity index (χ3v) is 7.20. The van der Waals surface area contributed by atoms with Crippen LogP contribution in [0.2, 0.25) is 0 Å². The van der Waals surface area contributed by atoms with E-state index in [4.69, 9.17) is 14.5 Å². The van der Waals surface area contributed by atoms with Gasteiger partial charge in [-0.3, -0.25) is 9.36 Å². The van der Waals surface area contributed by atoms with Crippen molar-refractivity contribution in [2.75, 3.05) is 31.2 Å². The molecule has 0 spiro atoms. The predicted octanol–water partition coefficient (Wildman–Crippen LogP) is 3.67. The first-order valence-corrected chi connectivity index (χ1v) is 12.1. The molecule has 0 N–H and O–H groups in total. The Balaban J connectivity index is 1.56. The van der Waals surface area contributed by atoms with Crippen LogP contribution in [0.1, 0.15) is 42.4 Å². The Morgan fingerprint density at radius 2 is 2.06 bits per heavy atom. The molecule has 0 radical (unpaired) electrons. The second-order valence-corrected chi connectivity index (χ2v) is 9.23. The minimum absolute atomic E-state index is 0.0521. The summed E-state index contributed by atoms with van der Waals surface area (Å²) in [7, 11) is 0. The zero-order valence-electron chi connectivity index (χ0n) is 18.0. The van der Waals surface area contributed by atoms with Crippen LogP contribution in [0, 0.1) is 11.3 Å². The number of fused-ring (bicyclic) bond motifs is 1. The minimum Gasteiger partial charge on any atom is -0.379 e. The highest BCUT2D eigenvalue weighted by Gasteiger charge is 2.23. The molecule has 2 aromatic heterocycles. The minimum atomic E-state index is -0.0521. The van der Waals surface area contributed by atoms with Gasteiger partial charge in [0, 0.05) is 25.3 Å². The van der Waals surface area contributed by atoms with Crippen LogP contribution in [-0.2, 0) is 22.6 Å². The van der Waals surface area contributed by atoms with Crippen molar-refractivity contribution in [3.05, 3.63) is 56.7 Å². The SMILES string of the molecule is N#Cc1ccccc1Cn1c(N2CCCCC2)nc2c(COC3CCOC3)csc2c1=O. The number of nitrogens with zero attached hydrogens (tertiary/aromatic N) is 4. The summed E-state index contributed by atoms with van der Waals surface area (Å²) in [5.41, 5.74) is 3.06. The number of ether oxygens (including phenoxy) is 2.